The smallest absolute Gasteiger partial charge is 0.124 e. The Hall–Kier alpha value is -0.640. The van der Waals surface area contributed by atoms with E-state index in [0.717, 1.165) is 0 Å². The van der Waals surface area contributed by atoms with Crippen molar-refractivity contribution in [1.29, 1.82) is 0 Å². The normalized spacial score (nSPS) is 12.9. The maximum atomic E-state index is 12.6. The summed E-state index contributed by atoms with van der Waals surface area (Å²) in [5.41, 5.74) is 6.35. The first-order valence-corrected chi connectivity index (χ1v) is 4.34. The van der Waals surface area contributed by atoms with Gasteiger partial charge in [-0.3, -0.25) is 0 Å². The van der Waals surface area contributed by atoms with Gasteiger partial charge in [0.2, 0.25) is 0 Å². The third kappa shape index (κ3) is 2.66. The van der Waals surface area contributed by atoms with E-state index in [1.165, 1.54) is 18.2 Å². The standard InChI is InChI=1S/C9H11ClFNO/c10-8-5-6(11)1-2-7(8)9(12)3-4-13/h1-2,5,9,13H,3-4,12H2/t9-/m1/s1. The quantitative estimate of drug-likeness (QED) is 0.788. The third-order valence-corrected chi connectivity index (χ3v) is 2.13. The van der Waals surface area contributed by atoms with Gasteiger partial charge in [-0.1, -0.05) is 17.7 Å². The van der Waals surface area contributed by atoms with E-state index in [2.05, 4.69) is 0 Å². The van der Waals surface area contributed by atoms with E-state index >= 15 is 0 Å². The lowest BCUT2D eigenvalue weighted by Crippen LogP contribution is -2.12. The second-order valence-electron chi connectivity index (χ2n) is 2.78. The van der Waals surface area contributed by atoms with Crippen LogP contribution in [0.3, 0.4) is 0 Å². The van der Waals surface area contributed by atoms with Crippen LogP contribution < -0.4 is 5.73 Å². The van der Waals surface area contributed by atoms with Gasteiger partial charge in [-0.25, -0.2) is 4.39 Å². The topological polar surface area (TPSA) is 46.2 Å². The number of rotatable bonds is 3. The van der Waals surface area contributed by atoms with Crippen LogP contribution in [0.2, 0.25) is 5.02 Å². The van der Waals surface area contributed by atoms with Gasteiger partial charge in [0.05, 0.1) is 0 Å². The fourth-order valence-corrected chi connectivity index (χ4v) is 1.40. The zero-order chi connectivity index (χ0) is 9.84. The molecule has 0 saturated carbocycles. The highest BCUT2D eigenvalue weighted by Gasteiger charge is 2.09. The number of benzene rings is 1. The van der Waals surface area contributed by atoms with Gasteiger partial charge >= 0.3 is 0 Å². The molecule has 0 aliphatic carbocycles. The SMILES string of the molecule is N[C@H](CCO)c1ccc(F)cc1Cl. The molecule has 0 unspecified atom stereocenters. The molecule has 0 heterocycles. The molecule has 0 saturated heterocycles. The summed E-state index contributed by atoms with van der Waals surface area (Å²) < 4.78 is 12.6. The lowest BCUT2D eigenvalue weighted by molar-refractivity contribution is 0.276. The maximum Gasteiger partial charge on any atom is 0.124 e. The Morgan fingerprint density at radius 1 is 1.54 bits per heavy atom. The predicted molar refractivity (Wildman–Crippen MR) is 50.0 cm³/mol. The van der Waals surface area contributed by atoms with Crippen molar-refractivity contribution in [2.45, 2.75) is 12.5 Å². The highest BCUT2D eigenvalue weighted by Crippen LogP contribution is 2.23. The van der Waals surface area contributed by atoms with Gasteiger partial charge in [-0.05, 0) is 24.1 Å². The number of aliphatic hydroxyl groups excluding tert-OH is 1. The Kier molecular flexibility index (Phi) is 3.66. The zero-order valence-corrected chi connectivity index (χ0v) is 7.76. The van der Waals surface area contributed by atoms with Gasteiger partial charge in [-0.15, -0.1) is 0 Å². The second-order valence-corrected chi connectivity index (χ2v) is 3.19. The van der Waals surface area contributed by atoms with Crippen molar-refractivity contribution >= 4 is 11.6 Å². The van der Waals surface area contributed by atoms with E-state index in [1.807, 2.05) is 0 Å². The monoisotopic (exact) mass is 203 g/mol. The summed E-state index contributed by atoms with van der Waals surface area (Å²) >= 11 is 5.76. The molecule has 4 heteroatoms. The molecule has 0 aromatic heterocycles. The molecular formula is C9H11ClFNO. The summed E-state index contributed by atoms with van der Waals surface area (Å²) in [6, 6.07) is 3.72. The van der Waals surface area contributed by atoms with E-state index in [1.54, 1.807) is 0 Å². The van der Waals surface area contributed by atoms with Crippen molar-refractivity contribution in [2.75, 3.05) is 6.61 Å². The molecule has 1 aromatic rings. The van der Waals surface area contributed by atoms with E-state index in [0.29, 0.717) is 17.0 Å². The van der Waals surface area contributed by atoms with Gasteiger partial charge in [0.1, 0.15) is 5.82 Å². The van der Waals surface area contributed by atoms with E-state index in [9.17, 15) is 4.39 Å². The number of hydrogen-bond acceptors (Lipinski definition) is 2. The summed E-state index contributed by atoms with van der Waals surface area (Å²) in [5, 5.41) is 8.95. The summed E-state index contributed by atoms with van der Waals surface area (Å²) in [7, 11) is 0. The van der Waals surface area contributed by atoms with Gasteiger partial charge in [0, 0.05) is 17.7 Å². The minimum Gasteiger partial charge on any atom is -0.396 e. The molecule has 0 bridgehead atoms. The Balaban J connectivity index is 2.88. The molecule has 13 heavy (non-hydrogen) atoms. The average Bonchev–Trinajstić information content (AvgIpc) is 2.04. The first-order valence-electron chi connectivity index (χ1n) is 3.96. The molecule has 1 atom stereocenters. The summed E-state index contributed by atoms with van der Waals surface area (Å²) in [4.78, 5) is 0. The van der Waals surface area contributed by atoms with Crippen LogP contribution in [0.25, 0.3) is 0 Å². The first-order chi connectivity index (χ1) is 6.15. The summed E-state index contributed by atoms with van der Waals surface area (Å²) in [5.74, 6) is -0.384. The van der Waals surface area contributed by atoms with Crippen LogP contribution in [0.1, 0.15) is 18.0 Å². The van der Waals surface area contributed by atoms with Crippen molar-refractivity contribution in [3.8, 4) is 0 Å². The molecule has 1 aromatic carbocycles. The van der Waals surface area contributed by atoms with Crippen molar-refractivity contribution in [1.82, 2.24) is 0 Å². The Labute approximate surface area is 81.1 Å². The largest absolute Gasteiger partial charge is 0.396 e. The highest BCUT2D eigenvalue weighted by atomic mass is 35.5. The number of hydrogen-bond donors (Lipinski definition) is 2. The van der Waals surface area contributed by atoms with Crippen LogP contribution in [0.4, 0.5) is 4.39 Å². The molecule has 0 aliphatic heterocycles. The molecule has 0 spiro atoms. The molecule has 2 nitrogen and oxygen atoms in total. The Morgan fingerprint density at radius 2 is 2.23 bits per heavy atom. The minimum atomic E-state index is -0.384. The average molecular weight is 204 g/mol. The van der Waals surface area contributed by atoms with Gasteiger partial charge in [0.15, 0.2) is 0 Å². The summed E-state index contributed by atoms with van der Waals surface area (Å²) in [6.45, 7) is -0.00509. The van der Waals surface area contributed by atoms with Crippen LogP contribution in [-0.2, 0) is 0 Å². The lowest BCUT2D eigenvalue weighted by Gasteiger charge is -2.11. The molecule has 0 fully saturated rings. The fourth-order valence-electron chi connectivity index (χ4n) is 1.10. The van der Waals surface area contributed by atoms with Crippen molar-refractivity contribution in [3.63, 3.8) is 0 Å². The van der Waals surface area contributed by atoms with Crippen LogP contribution >= 0.6 is 11.6 Å². The number of halogens is 2. The Bertz CT molecular complexity index is 293. The molecule has 1 rings (SSSR count). The highest BCUT2D eigenvalue weighted by molar-refractivity contribution is 6.31. The van der Waals surface area contributed by atoms with E-state index in [4.69, 9.17) is 22.4 Å². The van der Waals surface area contributed by atoms with Gasteiger partial charge in [0.25, 0.3) is 0 Å². The van der Waals surface area contributed by atoms with Crippen molar-refractivity contribution in [3.05, 3.63) is 34.6 Å². The molecule has 0 amide bonds. The van der Waals surface area contributed by atoms with Crippen molar-refractivity contribution < 1.29 is 9.50 Å². The first kappa shape index (κ1) is 10.4. The second kappa shape index (κ2) is 4.56. The third-order valence-electron chi connectivity index (χ3n) is 1.80. The lowest BCUT2D eigenvalue weighted by atomic mass is 10.1. The Morgan fingerprint density at radius 3 is 2.77 bits per heavy atom. The van der Waals surface area contributed by atoms with Crippen LogP contribution in [0, 0.1) is 5.82 Å². The number of nitrogens with two attached hydrogens (primary N) is 1. The fraction of sp³-hybridized carbons (Fsp3) is 0.333. The molecular weight excluding hydrogens is 193 g/mol. The maximum absolute atomic E-state index is 12.6. The summed E-state index contributed by atoms with van der Waals surface area (Å²) in [6.07, 6.45) is 0.422. The number of aliphatic hydroxyl groups is 1. The zero-order valence-electron chi connectivity index (χ0n) is 7.00. The van der Waals surface area contributed by atoms with E-state index < -0.39 is 0 Å². The minimum absolute atomic E-state index is 0.00509. The van der Waals surface area contributed by atoms with E-state index in [-0.39, 0.29) is 18.5 Å². The van der Waals surface area contributed by atoms with Gasteiger partial charge in [-0.2, -0.15) is 0 Å². The van der Waals surface area contributed by atoms with Crippen molar-refractivity contribution in [2.24, 2.45) is 5.73 Å². The predicted octanol–water partition coefficient (Wildman–Crippen LogP) is 1.86. The van der Waals surface area contributed by atoms with Crippen LogP contribution in [-0.4, -0.2) is 11.7 Å². The molecule has 3 N–H and O–H groups in total. The van der Waals surface area contributed by atoms with Gasteiger partial charge < -0.3 is 10.8 Å². The van der Waals surface area contributed by atoms with Crippen LogP contribution in [0.15, 0.2) is 18.2 Å². The molecule has 72 valence electrons. The molecule has 0 aliphatic rings. The molecule has 0 radical (unpaired) electrons. The van der Waals surface area contributed by atoms with Crippen LogP contribution in [0.5, 0.6) is 0 Å².